The van der Waals surface area contributed by atoms with Gasteiger partial charge >= 0.3 is 0 Å². The molecule has 0 radical (unpaired) electrons. The fourth-order valence-corrected chi connectivity index (χ4v) is 5.93. The summed E-state index contributed by atoms with van der Waals surface area (Å²) in [5, 5.41) is 4.12. The summed E-state index contributed by atoms with van der Waals surface area (Å²) in [5.41, 5.74) is 0.927. The monoisotopic (exact) mass is 301 g/mol. The number of rotatable bonds is 3. The maximum Gasteiger partial charge on any atom is 0.109 e. The van der Waals surface area contributed by atoms with Crippen molar-refractivity contribution in [2.24, 2.45) is 0 Å². The fourth-order valence-electron chi connectivity index (χ4n) is 2.76. The molecule has 0 aliphatic heterocycles. The molecule has 0 saturated heterocycles. The summed E-state index contributed by atoms with van der Waals surface area (Å²) in [6.45, 7) is 2.38. The largest absolute Gasteiger partial charge is 0.115 e. The Morgan fingerprint density at radius 1 is 0.636 bits per heavy atom. The van der Waals surface area contributed by atoms with Crippen LogP contribution < -0.4 is 15.9 Å². The summed E-state index contributed by atoms with van der Waals surface area (Å²) in [4.78, 5) is 0. The first-order valence-electron chi connectivity index (χ1n) is 7.30. The minimum atomic E-state index is -1.63. The van der Waals surface area contributed by atoms with Gasteiger partial charge in [-0.1, -0.05) is 42.3 Å². The fraction of sp³-hybridized carbons (Fsp3) is 0.0476. The Bertz CT molecular complexity index is 741. The predicted octanol–water partition coefficient (Wildman–Crippen LogP) is 3.59. The molecule has 0 nitrogen and oxygen atoms in total. The Hall–Kier alpha value is -2.35. The maximum absolute atomic E-state index is 5.49. The molecule has 0 saturated carbocycles. The van der Waals surface area contributed by atoms with E-state index in [-0.39, 0.29) is 0 Å². The van der Waals surface area contributed by atoms with Gasteiger partial charge in [0.15, 0.2) is 0 Å². The van der Waals surface area contributed by atoms with Gasteiger partial charge in [-0.3, -0.25) is 0 Å². The van der Waals surface area contributed by atoms with Gasteiger partial charge in [0.25, 0.3) is 0 Å². The molecule has 0 spiro atoms. The summed E-state index contributed by atoms with van der Waals surface area (Å²) in [6, 6.07) is 30.0. The van der Waals surface area contributed by atoms with E-state index >= 15 is 0 Å². The van der Waals surface area contributed by atoms with Gasteiger partial charge in [0.05, 0.1) is 6.66 Å². The van der Waals surface area contributed by atoms with Gasteiger partial charge < -0.3 is 0 Å². The highest BCUT2D eigenvalue weighted by molar-refractivity contribution is 7.95. The molecule has 3 aromatic rings. The summed E-state index contributed by atoms with van der Waals surface area (Å²) in [6.07, 6.45) is 5.49. The Balaban J connectivity index is 2.21. The molecule has 22 heavy (non-hydrogen) atoms. The second kappa shape index (κ2) is 6.18. The molecule has 0 amide bonds. The molecule has 0 aliphatic rings. The van der Waals surface area contributed by atoms with Crippen molar-refractivity contribution in [2.45, 2.75) is 0 Å². The number of hydrogen-bond donors (Lipinski definition) is 0. The van der Waals surface area contributed by atoms with Crippen LogP contribution in [0.15, 0.2) is 84.9 Å². The molecule has 3 rings (SSSR count). The first-order valence-corrected chi connectivity index (χ1v) is 9.54. The average Bonchev–Trinajstić information content (AvgIpc) is 2.62. The van der Waals surface area contributed by atoms with Crippen LogP contribution in [0.4, 0.5) is 0 Å². The topological polar surface area (TPSA) is 0 Å². The Labute approximate surface area is 133 Å². The van der Waals surface area contributed by atoms with Gasteiger partial charge in [0, 0.05) is 5.56 Å². The van der Waals surface area contributed by atoms with E-state index in [1.165, 1.54) is 15.9 Å². The van der Waals surface area contributed by atoms with E-state index in [2.05, 4.69) is 85.4 Å². The van der Waals surface area contributed by atoms with Crippen LogP contribution in [-0.4, -0.2) is 6.66 Å². The van der Waals surface area contributed by atoms with Gasteiger partial charge in [0.2, 0.25) is 0 Å². The maximum atomic E-state index is 5.49. The zero-order valence-corrected chi connectivity index (χ0v) is 13.5. The van der Waals surface area contributed by atoms with Crippen LogP contribution in [-0.2, 0) is 0 Å². The molecule has 0 N–H and O–H groups in total. The average molecular weight is 301 g/mol. The lowest BCUT2D eigenvalue weighted by atomic mass is 10.2. The molecule has 0 aliphatic carbocycles. The second-order valence-electron chi connectivity index (χ2n) is 5.37. The quantitative estimate of drug-likeness (QED) is 0.512. The van der Waals surface area contributed by atoms with Crippen molar-refractivity contribution in [1.82, 2.24) is 0 Å². The Kier molecular flexibility index (Phi) is 4.10. The molecule has 106 valence electrons. The van der Waals surface area contributed by atoms with Crippen LogP contribution in [0.1, 0.15) is 5.56 Å². The summed E-state index contributed by atoms with van der Waals surface area (Å²) < 4.78 is 0. The molecule has 0 heterocycles. The van der Waals surface area contributed by atoms with Crippen molar-refractivity contribution in [3.8, 4) is 12.3 Å². The molecule has 0 bridgehead atoms. The highest BCUT2D eigenvalue weighted by atomic mass is 31.2. The van der Waals surface area contributed by atoms with Gasteiger partial charge in [-0.25, -0.2) is 0 Å². The standard InChI is InChI=1S/C21H18P/c1-3-18-14-16-21(17-15-18)22(2,19-10-6-4-7-11-19)20-12-8-5-9-13-20/h1,4-17H,2H3/q+1. The molecule has 0 fully saturated rings. The van der Waals surface area contributed by atoms with Crippen LogP contribution >= 0.6 is 7.26 Å². The highest BCUT2D eigenvalue weighted by Crippen LogP contribution is 2.51. The highest BCUT2D eigenvalue weighted by Gasteiger charge is 2.39. The Morgan fingerprint density at radius 2 is 1.05 bits per heavy atom. The van der Waals surface area contributed by atoms with Crippen molar-refractivity contribution < 1.29 is 0 Å². The first-order chi connectivity index (χ1) is 10.7. The third kappa shape index (κ3) is 2.57. The number of terminal acetylenes is 1. The minimum absolute atomic E-state index is 0.927. The third-order valence-corrected chi connectivity index (χ3v) is 8.09. The van der Waals surface area contributed by atoms with Crippen molar-refractivity contribution in [1.29, 1.82) is 0 Å². The summed E-state index contributed by atoms with van der Waals surface area (Å²) >= 11 is 0. The van der Waals surface area contributed by atoms with Gasteiger partial charge in [0.1, 0.15) is 23.2 Å². The normalized spacial score (nSPS) is 10.9. The number of benzene rings is 3. The lowest BCUT2D eigenvalue weighted by Crippen LogP contribution is -2.30. The van der Waals surface area contributed by atoms with Crippen LogP contribution in [0.2, 0.25) is 0 Å². The van der Waals surface area contributed by atoms with Crippen molar-refractivity contribution >= 4 is 23.2 Å². The van der Waals surface area contributed by atoms with Crippen molar-refractivity contribution in [3.05, 3.63) is 90.5 Å². The van der Waals surface area contributed by atoms with E-state index in [0.717, 1.165) is 5.56 Å². The Morgan fingerprint density at radius 3 is 1.45 bits per heavy atom. The van der Waals surface area contributed by atoms with Crippen LogP contribution in [0, 0.1) is 12.3 Å². The lowest BCUT2D eigenvalue weighted by Gasteiger charge is -2.23. The molecular weight excluding hydrogens is 283 g/mol. The van der Waals surface area contributed by atoms with E-state index in [1.807, 2.05) is 12.1 Å². The van der Waals surface area contributed by atoms with Gasteiger partial charge in [-0.15, -0.1) is 6.42 Å². The summed E-state index contributed by atoms with van der Waals surface area (Å²) in [7, 11) is -1.63. The second-order valence-corrected chi connectivity index (χ2v) is 8.93. The van der Waals surface area contributed by atoms with Crippen LogP contribution in [0.5, 0.6) is 0 Å². The van der Waals surface area contributed by atoms with E-state index in [0.29, 0.717) is 0 Å². The van der Waals surface area contributed by atoms with Crippen molar-refractivity contribution in [3.63, 3.8) is 0 Å². The number of hydrogen-bond acceptors (Lipinski definition) is 0. The third-order valence-electron chi connectivity index (χ3n) is 4.10. The SMILES string of the molecule is C#Cc1ccc([P+](C)(c2ccccc2)c2ccccc2)cc1. The molecule has 0 aromatic heterocycles. The summed E-state index contributed by atoms with van der Waals surface area (Å²) in [5.74, 6) is 2.70. The van der Waals surface area contributed by atoms with E-state index in [9.17, 15) is 0 Å². The molecule has 0 atom stereocenters. The zero-order chi connectivity index (χ0) is 15.4. The van der Waals surface area contributed by atoms with E-state index in [1.54, 1.807) is 0 Å². The van der Waals surface area contributed by atoms with Crippen LogP contribution in [0.3, 0.4) is 0 Å². The van der Waals surface area contributed by atoms with E-state index < -0.39 is 7.26 Å². The van der Waals surface area contributed by atoms with Crippen LogP contribution in [0.25, 0.3) is 0 Å². The zero-order valence-electron chi connectivity index (χ0n) is 12.6. The minimum Gasteiger partial charge on any atom is -0.115 e. The van der Waals surface area contributed by atoms with Gasteiger partial charge in [-0.2, -0.15) is 0 Å². The predicted molar refractivity (Wildman–Crippen MR) is 99.0 cm³/mol. The first kappa shape index (κ1) is 14.6. The molecular formula is C21H18P+. The molecule has 3 aromatic carbocycles. The van der Waals surface area contributed by atoms with E-state index in [4.69, 9.17) is 6.42 Å². The smallest absolute Gasteiger partial charge is 0.109 e. The molecule has 0 unspecified atom stereocenters. The lowest BCUT2D eigenvalue weighted by molar-refractivity contribution is 1.68. The molecule has 1 heteroatoms. The van der Waals surface area contributed by atoms with Crippen molar-refractivity contribution in [2.75, 3.05) is 6.66 Å². The van der Waals surface area contributed by atoms with Gasteiger partial charge in [-0.05, 0) is 48.5 Å².